The molecule has 0 spiro atoms. The molecule has 0 aliphatic carbocycles. The monoisotopic (exact) mass is 201 g/mol. The molecule has 0 atom stereocenters. The Morgan fingerprint density at radius 1 is 0.692 bits per heavy atom. The molecule has 7 N–H and O–H groups in total. The molecule has 84 valence electrons. The second-order valence-corrected chi connectivity index (χ2v) is 0.565. The zero-order valence-corrected chi connectivity index (χ0v) is 8.31. The van der Waals surface area contributed by atoms with Crippen LogP contribution in [0.1, 0.15) is 27.7 Å². The molecule has 0 radical (unpaired) electrons. The highest BCUT2D eigenvalue weighted by molar-refractivity contribution is 5.53. The Kier molecular flexibility index (Phi) is 108. The van der Waals surface area contributed by atoms with E-state index in [-0.39, 0.29) is 6.15 Å². The molecule has 7 nitrogen and oxygen atoms in total. The molecule has 0 fully saturated rings. The van der Waals surface area contributed by atoms with Crippen LogP contribution in [0.2, 0.25) is 0 Å². The minimum absolute atomic E-state index is 0. The van der Waals surface area contributed by atoms with Gasteiger partial charge in [-0.05, 0) is 0 Å². The summed E-state index contributed by atoms with van der Waals surface area (Å²) in [6.45, 7) is 8.00. The molecule has 0 aromatic carbocycles. The first kappa shape index (κ1) is 30.0. The average Bonchev–Trinajstić information content (AvgIpc) is 1.93. The van der Waals surface area contributed by atoms with E-state index in [1.807, 2.05) is 27.7 Å². The van der Waals surface area contributed by atoms with Crippen LogP contribution >= 0.6 is 0 Å². The number of carbonyl (C=O) groups is 2. The fourth-order valence-electron chi connectivity index (χ4n) is 0. The summed E-state index contributed by atoms with van der Waals surface area (Å²) >= 11 is 0. The lowest BCUT2D eigenvalue weighted by atomic mass is 11.0. The molecular formula is C6H19NO6. The molecule has 0 saturated carbocycles. The van der Waals surface area contributed by atoms with Crippen LogP contribution in [0.25, 0.3) is 0 Å². The Bertz CT molecular complexity index is 75.1. The molecule has 0 unspecified atom stereocenters. The number of hydrogen-bond acceptors (Lipinski definition) is 3. The van der Waals surface area contributed by atoms with E-state index in [0.717, 1.165) is 0 Å². The van der Waals surface area contributed by atoms with Crippen LogP contribution < -0.4 is 6.15 Å². The first-order valence-electron chi connectivity index (χ1n) is 3.30. The van der Waals surface area contributed by atoms with Crippen molar-refractivity contribution in [2.75, 3.05) is 0 Å². The van der Waals surface area contributed by atoms with E-state index in [0.29, 0.717) is 0 Å². The Labute approximate surface area is 77.2 Å². The Balaban J connectivity index is -0.0000000226. The third kappa shape index (κ3) is 337. The Morgan fingerprint density at radius 3 is 0.692 bits per heavy atom. The van der Waals surface area contributed by atoms with Crippen LogP contribution in [0.15, 0.2) is 0 Å². The predicted molar refractivity (Wildman–Crippen MR) is 49.0 cm³/mol. The minimum Gasteiger partial charge on any atom is -0.450 e. The first-order chi connectivity index (χ1) is 5.46. The third-order valence-electron chi connectivity index (χ3n) is 0. The SMILES string of the molecule is CC.CC.N.O=C(O)O.O=C(O)O. The van der Waals surface area contributed by atoms with E-state index in [1.165, 1.54) is 0 Å². The van der Waals surface area contributed by atoms with Crippen molar-refractivity contribution >= 4 is 12.3 Å². The summed E-state index contributed by atoms with van der Waals surface area (Å²) in [5.74, 6) is 0. The lowest BCUT2D eigenvalue weighted by molar-refractivity contribution is 0.135. The van der Waals surface area contributed by atoms with Crippen molar-refractivity contribution in [2.45, 2.75) is 27.7 Å². The summed E-state index contributed by atoms with van der Waals surface area (Å²) in [5.41, 5.74) is 0. The zero-order valence-electron chi connectivity index (χ0n) is 8.31. The highest BCUT2D eigenvalue weighted by Gasteiger charge is 1.70. The van der Waals surface area contributed by atoms with Gasteiger partial charge in [0.25, 0.3) is 0 Å². The molecule has 0 aliphatic heterocycles. The van der Waals surface area contributed by atoms with Crippen molar-refractivity contribution in [3.8, 4) is 0 Å². The number of hydrogen-bond donors (Lipinski definition) is 5. The van der Waals surface area contributed by atoms with E-state index < -0.39 is 12.3 Å². The largest absolute Gasteiger partial charge is 0.503 e. The molecule has 0 aromatic heterocycles. The van der Waals surface area contributed by atoms with Crippen LogP contribution in [0.5, 0.6) is 0 Å². The molecule has 0 aliphatic rings. The maximum Gasteiger partial charge on any atom is 0.503 e. The highest BCUT2D eigenvalue weighted by atomic mass is 16.6. The quantitative estimate of drug-likeness (QED) is 0.404. The Hall–Kier alpha value is -1.50. The van der Waals surface area contributed by atoms with Gasteiger partial charge < -0.3 is 26.6 Å². The molecule has 7 heteroatoms. The van der Waals surface area contributed by atoms with Gasteiger partial charge in [-0.15, -0.1) is 0 Å². The van der Waals surface area contributed by atoms with Crippen molar-refractivity contribution < 1.29 is 30.0 Å². The highest BCUT2D eigenvalue weighted by Crippen LogP contribution is 1.43. The maximum absolute atomic E-state index is 8.56. The summed E-state index contributed by atoms with van der Waals surface area (Å²) in [6, 6.07) is 0. The lowest BCUT2D eigenvalue weighted by Crippen LogP contribution is -1.81. The van der Waals surface area contributed by atoms with Crippen LogP contribution in [-0.4, -0.2) is 32.7 Å². The van der Waals surface area contributed by atoms with Crippen LogP contribution in [0.3, 0.4) is 0 Å². The van der Waals surface area contributed by atoms with Gasteiger partial charge in [0.15, 0.2) is 0 Å². The zero-order chi connectivity index (χ0) is 11.2. The van der Waals surface area contributed by atoms with E-state index in [4.69, 9.17) is 30.0 Å². The van der Waals surface area contributed by atoms with Gasteiger partial charge in [-0.3, -0.25) is 0 Å². The fourth-order valence-corrected chi connectivity index (χ4v) is 0. The number of rotatable bonds is 0. The van der Waals surface area contributed by atoms with Crippen molar-refractivity contribution in [3.05, 3.63) is 0 Å². The summed E-state index contributed by atoms with van der Waals surface area (Å²) < 4.78 is 0. The number of carboxylic acid groups (broad SMARTS) is 4. The van der Waals surface area contributed by atoms with Gasteiger partial charge in [0.1, 0.15) is 0 Å². The van der Waals surface area contributed by atoms with E-state index >= 15 is 0 Å². The maximum atomic E-state index is 8.56. The fraction of sp³-hybridized carbons (Fsp3) is 0.667. The van der Waals surface area contributed by atoms with Gasteiger partial charge >= 0.3 is 12.3 Å². The molecule has 0 heterocycles. The summed E-state index contributed by atoms with van der Waals surface area (Å²) in [6.07, 6.45) is -3.67. The topological polar surface area (TPSA) is 150 Å². The van der Waals surface area contributed by atoms with E-state index in [2.05, 4.69) is 0 Å². The minimum atomic E-state index is -1.83. The van der Waals surface area contributed by atoms with Gasteiger partial charge in [-0.1, -0.05) is 27.7 Å². The van der Waals surface area contributed by atoms with Crippen molar-refractivity contribution in [1.82, 2.24) is 6.15 Å². The second-order valence-electron chi connectivity index (χ2n) is 0.565. The Morgan fingerprint density at radius 2 is 0.692 bits per heavy atom. The van der Waals surface area contributed by atoms with Gasteiger partial charge in [0.2, 0.25) is 0 Å². The van der Waals surface area contributed by atoms with Crippen LogP contribution in [0.4, 0.5) is 9.59 Å². The molecule has 0 amide bonds. The summed E-state index contributed by atoms with van der Waals surface area (Å²) in [5, 5.41) is 27.9. The molecule has 0 bridgehead atoms. The molecule has 13 heavy (non-hydrogen) atoms. The first-order valence-corrected chi connectivity index (χ1v) is 3.30. The van der Waals surface area contributed by atoms with Crippen LogP contribution in [-0.2, 0) is 0 Å². The summed E-state index contributed by atoms with van der Waals surface area (Å²) in [4.78, 5) is 17.1. The molecule has 0 aromatic rings. The normalized spacial score (nSPS) is 4.62. The average molecular weight is 201 g/mol. The standard InChI is InChI=1S/2C2H6.2CH2O3.H3N/c2*1-2;2*2-1(3)4;/h2*1-2H3;2*(H2,2,3,4);1H3. The summed E-state index contributed by atoms with van der Waals surface area (Å²) in [7, 11) is 0. The van der Waals surface area contributed by atoms with Crippen molar-refractivity contribution in [2.24, 2.45) is 0 Å². The van der Waals surface area contributed by atoms with Crippen molar-refractivity contribution in [1.29, 1.82) is 0 Å². The van der Waals surface area contributed by atoms with Gasteiger partial charge in [-0.2, -0.15) is 0 Å². The van der Waals surface area contributed by atoms with Crippen molar-refractivity contribution in [3.63, 3.8) is 0 Å². The van der Waals surface area contributed by atoms with Crippen LogP contribution in [0, 0.1) is 0 Å². The second kappa shape index (κ2) is 46.8. The van der Waals surface area contributed by atoms with Gasteiger partial charge in [0.05, 0.1) is 0 Å². The lowest BCUT2D eigenvalue weighted by Gasteiger charge is -1.60. The van der Waals surface area contributed by atoms with E-state index in [9.17, 15) is 0 Å². The molecular weight excluding hydrogens is 182 g/mol. The van der Waals surface area contributed by atoms with Gasteiger partial charge in [-0.25, -0.2) is 9.59 Å². The molecule has 0 saturated heterocycles. The third-order valence-corrected chi connectivity index (χ3v) is 0. The smallest absolute Gasteiger partial charge is 0.450 e. The predicted octanol–water partition coefficient (Wildman–Crippen LogP) is 2.66. The molecule has 0 rings (SSSR count). The van der Waals surface area contributed by atoms with E-state index in [1.54, 1.807) is 0 Å². The van der Waals surface area contributed by atoms with Gasteiger partial charge in [0, 0.05) is 0 Å².